The van der Waals surface area contributed by atoms with Crippen molar-refractivity contribution in [3.63, 3.8) is 0 Å². The van der Waals surface area contributed by atoms with Crippen LogP contribution in [-0.4, -0.2) is 46.8 Å². The Morgan fingerprint density at radius 1 is 1.03 bits per heavy atom. The maximum atomic E-state index is 12.1. The minimum absolute atomic E-state index is 0. The number of carboxylic acids is 1. The summed E-state index contributed by atoms with van der Waals surface area (Å²) in [5.74, 6) is -0.0869. The van der Waals surface area contributed by atoms with Gasteiger partial charge in [-0.15, -0.1) is 24.8 Å². The Labute approximate surface area is 236 Å². The Balaban J connectivity index is 0.00000253. The summed E-state index contributed by atoms with van der Waals surface area (Å²) in [5.41, 5.74) is 7.92. The van der Waals surface area contributed by atoms with Gasteiger partial charge in [-0.3, -0.25) is 15.6 Å². The zero-order chi connectivity index (χ0) is 25.7. The van der Waals surface area contributed by atoms with Crippen molar-refractivity contribution in [1.29, 1.82) is 10.8 Å². The van der Waals surface area contributed by atoms with Crippen LogP contribution in [0.15, 0.2) is 60.7 Å². The molecule has 1 heterocycles. The number of halogens is 2. The number of hydrogen-bond donors (Lipinski definition) is 4. The first-order valence-electron chi connectivity index (χ1n) is 12.5. The minimum Gasteiger partial charge on any atom is -0.490 e. The van der Waals surface area contributed by atoms with Crippen molar-refractivity contribution in [3.8, 4) is 5.75 Å². The lowest BCUT2D eigenvalue weighted by Crippen LogP contribution is -2.41. The number of nitrogen functional groups attached to an aromatic ring is 1. The highest BCUT2D eigenvalue weighted by molar-refractivity contribution is 5.99. The van der Waals surface area contributed by atoms with Gasteiger partial charge in [-0.1, -0.05) is 49.4 Å². The first-order chi connectivity index (χ1) is 17.3. The molecule has 204 valence electrons. The second-order valence-electron chi connectivity index (χ2n) is 9.47. The number of rotatable bonds is 9. The van der Waals surface area contributed by atoms with Gasteiger partial charge in [0.2, 0.25) is 0 Å². The maximum Gasteiger partial charge on any atom is 0.311 e. The fourth-order valence-corrected chi connectivity index (χ4v) is 4.78. The number of carboxylic acid groups (broad SMARTS) is 1. The number of aliphatic carboxylic acids is 1. The van der Waals surface area contributed by atoms with E-state index in [1.165, 1.54) is 0 Å². The van der Waals surface area contributed by atoms with E-state index in [1.54, 1.807) is 0 Å². The molecule has 5 N–H and O–H groups in total. The van der Waals surface area contributed by atoms with Crippen LogP contribution in [0.3, 0.4) is 0 Å². The number of fused-ring (bicyclic) bond motifs is 1. The summed E-state index contributed by atoms with van der Waals surface area (Å²) in [7, 11) is 0. The predicted octanol–water partition coefficient (Wildman–Crippen LogP) is 6.00. The fraction of sp³-hybridized carbons (Fsp3) is 0.345. The molecule has 1 aliphatic rings. The van der Waals surface area contributed by atoms with Crippen molar-refractivity contribution in [2.75, 3.05) is 13.1 Å². The van der Waals surface area contributed by atoms with Gasteiger partial charge in [0.25, 0.3) is 0 Å². The highest BCUT2D eigenvalue weighted by Gasteiger charge is 2.23. The van der Waals surface area contributed by atoms with Crippen molar-refractivity contribution in [3.05, 3.63) is 77.4 Å². The molecular weight excluding hydrogens is 523 g/mol. The number of amidine groups is 2. The van der Waals surface area contributed by atoms with Crippen LogP contribution < -0.4 is 10.5 Å². The van der Waals surface area contributed by atoms with Crippen molar-refractivity contribution < 1.29 is 14.6 Å². The second-order valence-corrected chi connectivity index (χ2v) is 9.47. The number of piperidine rings is 1. The number of ether oxygens (including phenoxy) is 1. The highest BCUT2D eigenvalue weighted by Crippen LogP contribution is 2.27. The Hall–Kier alpha value is -3.29. The molecule has 0 bridgehead atoms. The molecule has 1 atom stereocenters. The Bertz CT molecular complexity index is 1260. The summed E-state index contributed by atoms with van der Waals surface area (Å²) >= 11 is 0. The lowest BCUT2D eigenvalue weighted by atomic mass is 9.91. The van der Waals surface area contributed by atoms with Crippen LogP contribution in [0.2, 0.25) is 0 Å². The number of carbonyl (C=O) groups is 1. The van der Waals surface area contributed by atoms with Gasteiger partial charge in [-0.05, 0) is 52.9 Å². The first kappa shape index (κ1) is 30.9. The molecule has 0 saturated carbocycles. The van der Waals surface area contributed by atoms with Crippen molar-refractivity contribution in [1.82, 2.24) is 4.90 Å². The van der Waals surface area contributed by atoms with E-state index >= 15 is 0 Å². The van der Waals surface area contributed by atoms with Crippen molar-refractivity contribution in [2.45, 2.75) is 51.0 Å². The Morgan fingerprint density at radius 2 is 1.68 bits per heavy atom. The van der Waals surface area contributed by atoms with Crippen molar-refractivity contribution >= 4 is 53.2 Å². The molecule has 0 amide bonds. The zero-order valence-corrected chi connectivity index (χ0v) is 23.1. The van der Waals surface area contributed by atoms with Crippen LogP contribution in [0.5, 0.6) is 5.75 Å². The monoisotopic (exact) mass is 558 g/mol. The largest absolute Gasteiger partial charge is 0.490 e. The molecule has 3 aromatic carbocycles. The number of nitrogens with one attached hydrogen (secondary N) is 2. The standard InChI is InChI=1S/C29H34N4O3.2ClH/c1-2-3-27(30)33-14-12-25(13-15-33)36-24-10-8-21(9-11-24)26(29(34)35)17-19-4-5-20-6-7-22(28(31)32)18-23(20)16-19;;/h4-11,16,18,25-26,30H,2-3,12-15,17H2,1H3,(H3,31,32)(H,34,35);2*1H. The lowest BCUT2D eigenvalue weighted by molar-refractivity contribution is -0.138. The van der Waals surface area contributed by atoms with Gasteiger partial charge >= 0.3 is 5.97 Å². The van der Waals surface area contributed by atoms with Gasteiger partial charge in [0.15, 0.2) is 0 Å². The third-order valence-electron chi connectivity index (χ3n) is 6.85. The van der Waals surface area contributed by atoms with Crippen LogP contribution in [0.1, 0.15) is 55.2 Å². The van der Waals surface area contributed by atoms with Crippen LogP contribution in [0.4, 0.5) is 0 Å². The van der Waals surface area contributed by atoms with E-state index in [-0.39, 0.29) is 36.8 Å². The molecule has 7 nitrogen and oxygen atoms in total. The lowest BCUT2D eigenvalue weighted by Gasteiger charge is -2.33. The van der Waals surface area contributed by atoms with Gasteiger partial charge in [-0.25, -0.2) is 0 Å². The van der Waals surface area contributed by atoms with Crippen LogP contribution >= 0.6 is 24.8 Å². The Kier molecular flexibility index (Phi) is 11.4. The van der Waals surface area contributed by atoms with E-state index in [0.29, 0.717) is 17.8 Å². The number of hydrogen-bond acceptors (Lipinski definition) is 4. The third-order valence-corrected chi connectivity index (χ3v) is 6.85. The van der Waals surface area contributed by atoms with E-state index < -0.39 is 11.9 Å². The quantitative estimate of drug-likeness (QED) is 0.189. The Morgan fingerprint density at radius 3 is 2.29 bits per heavy atom. The zero-order valence-electron chi connectivity index (χ0n) is 21.5. The van der Waals surface area contributed by atoms with Gasteiger partial charge < -0.3 is 20.5 Å². The molecule has 0 radical (unpaired) electrons. The van der Waals surface area contributed by atoms with E-state index in [1.807, 2.05) is 60.7 Å². The second kappa shape index (κ2) is 14.0. The molecule has 1 fully saturated rings. The van der Waals surface area contributed by atoms with E-state index in [0.717, 1.165) is 66.4 Å². The van der Waals surface area contributed by atoms with Gasteiger partial charge in [0.05, 0.1) is 11.8 Å². The van der Waals surface area contributed by atoms with E-state index in [9.17, 15) is 9.90 Å². The van der Waals surface area contributed by atoms with Crippen LogP contribution in [-0.2, 0) is 11.2 Å². The van der Waals surface area contributed by atoms with Crippen molar-refractivity contribution in [2.24, 2.45) is 5.73 Å². The molecule has 0 spiro atoms. The average Bonchev–Trinajstić information content (AvgIpc) is 2.88. The molecule has 9 heteroatoms. The summed E-state index contributed by atoms with van der Waals surface area (Å²) in [6.07, 6.45) is 4.02. The maximum absolute atomic E-state index is 12.1. The molecular formula is C29H36Cl2N4O3. The smallest absolute Gasteiger partial charge is 0.311 e. The first-order valence-corrected chi connectivity index (χ1v) is 12.5. The predicted molar refractivity (Wildman–Crippen MR) is 158 cm³/mol. The molecule has 4 rings (SSSR count). The summed E-state index contributed by atoms with van der Waals surface area (Å²) in [6.45, 7) is 3.76. The summed E-state index contributed by atoms with van der Waals surface area (Å²) < 4.78 is 6.16. The number of likely N-dealkylation sites (tertiary alicyclic amines) is 1. The summed E-state index contributed by atoms with van der Waals surface area (Å²) in [4.78, 5) is 14.3. The van der Waals surface area contributed by atoms with Crippen LogP contribution in [0.25, 0.3) is 10.8 Å². The third kappa shape index (κ3) is 7.62. The van der Waals surface area contributed by atoms with Gasteiger partial charge in [0.1, 0.15) is 17.7 Å². The molecule has 1 saturated heterocycles. The van der Waals surface area contributed by atoms with E-state index in [4.69, 9.17) is 21.3 Å². The van der Waals surface area contributed by atoms with Crippen LogP contribution in [0, 0.1) is 10.8 Å². The minimum atomic E-state index is -0.872. The normalized spacial score (nSPS) is 14.2. The molecule has 0 aromatic heterocycles. The molecule has 3 aromatic rings. The SMILES string of the molecule is CCCC(=N)N1CCC(Oc2ccc(C(Cc3ccc4ccc(C(=N)N)cc4c3)C(=O)O)cc2)CC1.Cl.Cl. The molecule has 1 aliphatic heterocycles. The van der Waals surface area contributed by atoms with Gasteiger partial charge in [-0.2, -0.15) is 0 Å². The molecule has 0 aliphatic carbocycles. The topological polar surface area (TPSA) is 123 Å². The number of benzene rings is 3. The average molecular weight is 560 g/mol. The van der Waals surface area contributed by atoms with E-state index in [2.05, 4.69) is 11.8 Å². The summed E-state index contributed by atoms with van der Waals surface area (Å²) in [6, 6.07) is 18.9. The summed E-state index contributed by atoms with van der Waals surface area (Å²) in [5, 5.41) is 27.7. The highest BCUT2D eigenvalue weighted by atomic mass is 35.5. The number of nitrogens with two attached hydrogens (primary N) is 1. The fourth-order valence-electron chi connectivity index (χ4n) is 4.78. The number of nitrogens with zero attached hydrogens (tertiary/aromatic N) is 1. The molecule has 38 heavy (non-hydrogen) atoms. The molecule has 1 unspecified atom stereocenters. The van der Waals surface area contributed by atoms with Gasteiger partial charge in [0, 0.05) is 37.9 Å².